The van der Waals surface area contributed by atoms with Crippen LogP contribution in [0.15, 0.2) is 48.7 Å². The molecule has 0 radical (unpaired) electrons. The average Bonchev–Trinajstić information content (AvgIpc) is 3.59. The molecule has 12 heteroatoms. The number of rotatable bonds is 6. The predicted octanol–water partition coefficient (Wildman–Crippen LogP) is 5.55. The van der Waals surface area contributed by atoms with Crippen LogP contribution in [0.25, 0.3) is 31.8 Å². The second-order valence-electron chi connectivity index (χ2n) is 10.2. The lowest BCUT2D eigenvalue weighted by Gasteiger charge is -2.23. The molecule has 0 fully saturated rings. The Labute approximate surface area is 244 Å². The van der Waals surface area contributed by atoms with Gasteiger partial charge in [-0.2, -0.15) is 0 Å². The Morgan fingerprint density at radius 1 is 1.14 bits per heavy atom. The number of ether oxygens (including phenoxy) is 2. The standard InChI is InChI=1S/C30H26FN5O5S/c1-15-9-19(25-22(10-15)33-24(40-4)13-32-25)28-34-23-12-21(31)26-20(27(23)42-28)11-18(41-26)14-36(30(38)39)17-7-5-16(6-8-17)29(37)35(2)3/h5-10,12-13,18H,11,14H2,1-4H3,(H,38,39). The van der Waals surface area contributed by atoms with E-state index in [9.17, 15) is 14.7 Å². The van der Waals surface area contributed by atoms with Crippen LogP contribution in [-0.2, 0) is 6.42 Å². The van der Waals surface area contributed by atoms with Gasteiger partial charge in [-0.1, -0.05) is 0 Å². The minimum Gasteiger partial charge on any atom is -0.485 e. The summed E-state index contributed by atoms with van der Waals surface area (Å²) in [6.07, 6.45) is 0.0446. The first-order valence-corrected chi connectivity index (χ1v) is 13.9. The Kier molecular flexibility index (Phi) is 6.85. The van der Waals surface area contributed by atoms with Crippen molar-refractivity contribution in [2.45, 2.75) is 19.4 Å². The Bertz CT molecular complexity index is 1870. The summed E-state index contributed by atoms with van der Waals surface area (Å²) in [5.41, 5.74) is 5.02. The monoisotopic (exact) mass is 587 g/mol. The molecule has 10 nitrogen and oxygen atoms in total. The summed E-state index contributed by atoms with van der Waals surface area (Å²) in [5.74, 6) is -0.228. The molecule has 1 N–H and O–H groups in total. The number of benzene rings is 3. The van der Waals surface area contributed by atoms with Gasteiger partial charge in [-0.15, -0.1) is 11.3 Å². The van der Waals surface area contributed by atoms with Crippen molar-refractivity contribution >= 4 is 50.3 Å². The van der Waals surface area contributed by atoms with Crippen LogP contribution in [0.1, 0.15) is 21.5 Å². The maximum Gasteiger partial charge on any atom is 0.411 e. The Morgan fingerprint density at radius 3 is 2.60 bits per heavy atom. The van der Waals surface area contributed by atoms with Crippen LogP contribution in [-0.4, -0.2) is 70.8 Å². The van der Waals surface area contributed by atoms with E-state index in [1.54, 1.807) is 44.6 Å². The summed E-state index contributed by atoms with van der Waals surface area (Å²) in [6, 6.07) is 11.5. The van der Waals surface area contributed by atoms with Crippen LogP contribution in [0.2, 0.25) is 0 Å². The number of methoxy groups -OCH3 is 1. The third-order valence-corrected chi connectivity index (χ3v) is 8.22. The SMILES string of the molecule is COc1cnc2c(-c3nc4cc(F)c5c(c4s3)CC(CN(C(=O)O)c3ccc(C(=O)N(C)C)cc3)O5)cc(C)cc2n1. The van der Waals surface area contributed by atoms with Gasteiger partial charge in [-0.05, 0) is 48.9 Å². The van der Waals surface area contributed by atoms with Crippen molar-refractivity contribution in [2.75, 3.05) is 32.6 Å². The molecule has 42 heavy (non-hydrogen) atoms. The lowest BCUT2D eigenvalue weighted by Crippen LogP contribution is -2.38. The minimum absolute atomic E-state index is 0.0302. The molecule has 214 valence electrons. The fourth-order valence-electron chi connectivity index (χ4n) is 5.09. The summed E-state index contributed by atoms with van der Waals surface area (Å²) in [5, 5.41) is 10.6. The Hall–Kier alpha value is -4.84. The van der Waals surface area contributed by atoms with Gasteiger partial charge < -0.3 is 19.5 Å². The second kappa shape index (κ2) is 10.5. The molecule has 3 aromatic carbocycles. The normalized spacial score (nSPS) is 14.1. The number of aromatic nitrogens is 3. The van der Waals surface area contributed by atoms with Crippen molar-refractivity contribution in [1.29, 1.82) is 0 Å². The number of aryl methyl sites for hydroxylation is 1. The third-order valence-electron chi connectivity index (χ3n) is 7.06. The number of carbonyl (C=O) groups is 2. The van der Waals surface area contributed by atoms with Crippen molar-refractivity contribution in [2.24, 2.45) is 0 Å². The van der Waals surface area contributed by atoms with Crippen LogP contribution >= 0.6 is 11.3 Å². The molecular formula is C30H26FN5O5S. The molecule has 0 aliphatic carbocycles. The molecule has 6 rings (SSSR count). The van der Waals surface area contributed by atoms with Crippen molar-refractivity contribution in [3.05, 3.63) is 71.2 Å². The predicted molar refractivity (Wildman–Crippen MR) is 157 cm³/mol. The quantitative estimate of drug-likeness (QED) is 0.275. The molecule has 1 unspecified atom stereocenters. The van der Waals surface area contributed by atoms with Gasteiger partial charge in [0, 0.05) is 49.0 Å². The zero-order chi connectivity index (χ0) is 29.7. The maximum atomic E-state index is 15.2. The average molecular weight is 588 g/mol. The Balaban J connectivity index is 1.31. The zero-order valence-corrected chi connectivity index (χ0v) is 24.0. The van der Waals surface area contributed by atoms with Gasteiger partial charge in [0.15, 0.2) is 11.6 Å². The molecule has 2 aromatic heterocycles. The summed E-state index contributed by atoms with van der Waals surface area (Å²) >= 11 is 1.41. The van der Waals surface area contributed by atoms with Gasteiger partial charge in [-0.3, -0.25) is 9.69 Å². The van der Waals surface area contributed by atoms with Gasteiger partial charge in [-0.25, -0.2) is 24.1 Å². The van der Waals surface area contributed by atoms with E-state index in [1.807, 2.05) is 19.1 Å². The summed E-state index contributed by atoms with van der Waals surface area (Å²) < 4.78 is 27.2. The summed E-state index contributed by atoms with van der Waals surface area (Å²) in [6.45, 7) is 1.92. The number of halogens is 1. The number of carboxylic acid groups (broad SMARTS) is 1. The minimum atomic E-state index is -1.18. The van der Waals surface area contributed by atoms with Crippen LogP contribution in [0.3, 0.4) is 0 Å². The molecule has 0 saturated heterocycles. The highest BCUT2D eigenvalue weighted by Gasteiger charge is 2.33. The van der Waals surface area contributed by atoms with E-state index < -0.39 is 18.0 Å². The molecule has 1 aliphatic rings. The fourth-order valence-corrected chi connectivity index (χ4v) is 6.20. The first-order valence-electron chi connectivity index (χ1n) is 13.1. The number of thiazole rings is 1. The van der Waals surface area contributed by atoms with Gasteiger partial charge in [0.05, 0.1) is 41.1 Å². The van der Waals surface area contributed by atoms with E-state index in [4.69, 9.17) is 14.5 Å². The lowest BCUT2D eigenvalue weighted by molar-refractivity contribution is 0.0827. The van der Waals surface area contributed by atoms with E-state index in [0.717, 1.165) is 20.7 Å². The first kappa shape index (κ1) is 27.3. The van der Waals surface area contributed by atoms with E-state index in [-0.39, 0.29) is 18.2 Å². The number of nitrogens with zero attached hydrogens (tertiary/aromatic N) is 5. The number of hydrogen-bond donors (Lipinski definition) is 1. The zero-order valence-electron chi connectivity index (χ0n) is 23.2. The van der Waals surface area contributed by atoms with Gasteiger partial charge >= 0.3 is 6.09 Å². The van der Waals surface area contributed by atoms with E-state index in [1.165, 1.54) is 29.4 Å². The number of anilines is 1. The highest BCUT2D eigenvalue weighted by atomic mass is 32.1. The summed E-state index contributed by atoms with van der Waals surface area (Å²) in [7, 11) is 4.82. The van der Waals surface area contributed by atoms with E-state index in [0.29, 0.717) is 50.7 Å². The maximum absolute atomic E-state index is 15.2. The third kappa shape index (κ3) is 4.83. The molecule has 5 aromatic rings. The van der Waals surface area contributed by atoms with Crippen LogP contribution < -0.4 is 14.4 Å². The molecule has 3 heterocycles. The van der Waals surface area contributed by atoms with E-state index in [2.05, 4.69) is 9.97 Å². The molecule has 2 amide bonds. The van der Waals surface area contributed by atoms with Crippen molar-refractivity contribution in [3.8, 4) is 22.2 Å². The van der Waals surface area contributed by atoms with Gasteiger partial charge in [0.25, 0.3) is 5.91 Å². The van der Waals surface area contributed by atoms with Crippen LogP contribution in [0.5, 0.6) is 11.6 Å². The number of fused-ring (bicyclic) bond motifs is 4. The van der Waals surface area contributed by atoms with Gasteiger partial charge in [0.2, 0.25) is 5.88 Å². The van der Waals surface area contributed by atoms with Crippen molar-refractivity contribution in [3.63, 3.8) is 0 Å². The topological polar surface area (TPSA) is 118 Å². The van der Waals surface area contributed by atoms with Crippen molar-refractivity contribution in [1.82, 2.24) is 19.9 Å². The second-order valence-corrected chi connectivity index (χ2v) is 11.2. The van der Waals surface area contributed by atoms with Gasteiger partial charge in [0.1, 0.15) is 11.1 Å². The fraction of sp³-hybridized carbons (Fsp3) is 0.233. The van der Waals surface area contributed by atoms with Crippen molar-refractivity contribution < 1.29 is 28.6 Å². The smallest absolute Gasteiger partial charge is 0.411 e. The Morgan fingerprint density at radius 2 is 1.90 bits per heavy atom. The van der Waals surface area contributed by atoms with E-state index >= 15 is 4.39 Å². The molecule has 1 atom stereocenters. The highest BCUT2D eigenvalue weighted by Crippen LogP contribution is 2.43. The van der Waals surface area contributed by atoms with Crippen LogP contribution in [0.4, 0.5) is 14.9 Å². The largest absolute Gasteiger partial charge is 0.485 e. The molecule has 0 bridgehead atoms. The molecule has 0 spiro atoms. The molecule has 1 aliphatic heterocycles. The number of hydrogen-bond acceptors (Lipinski definition) is 8. The van der Waals surface area contributed by atoms with Crippen LogP contribution in [0, 0.1) is 12.7 Å². The first-order chi connectivity index (χ1) is 20.1. The lowest BCUT2D eigenvalue weighted by atomic mass is 10.1. The molecule has 0 saturated carbocycles. The summed E-state index contributed by atoms with van der Waals surface area (Å²) in [4.78, 5) is 40.8. The molecular weight excluding hydrogens is 561 g/mol. The highest BCUT2D eigenvalue weighted by molar-refractivity contribution is 7.22. The number of amides is 2. The number of carbonyl (C=O) groups excluding carboxylic acids is 1.